The van der Waals surface area contributed by atoms with Crippen molar-refractivity contribution in [2.45, 2.75) is 45.8 Å². The molecule has 2 aromatic heterocycles. The summed E-state index contributed by atoms with van der Waals surface area (Å²) in [6.07, 6.45) is 2.79. The van der Waals surface area contributed by atoms with E-state index in [0.29, 0.717) is 0 Å². The van der Waals surface area contributed by atoms with Crippen molar-refractivity contribution >= 4 is 17.3 Å². The van der Waals surface area contributed by atoms with Crippen LogP contribution in [0, 0.1) is 13.8 Å². The molecule has 0 aromatic carbocycles. The molecule has 3 heterocycles. The minimum atomic E-state index is 0.0528. The molecule has 0 radical (unpaired) electrons. The molecule has 5 nitrogen and oxygen atoms in total. The van der Waals surface area contributed by atoms with Crippen LogP contribution in [0.4, 0.5) is 0 Å². The second-order valence-electron chi connectivity index (χ2n) is 6.74. The van der Waals surface area contributed by atoms with Crippen LogP contribution in [0.25, 0.3) is 0 Å². The van der Waals surface area contributed by atoms with Crippen LogP contribution in [-0.2, 0) is 11.3 Å². The fourth-order valence-corrected chi connectivity index (χ4v) is 4.31. The van der Waals surface area contributed by atoms with Crippen LogP contribution in [0.2, 0.25) is 0 Å². The van der Waals surface area contributed by atoms with Gasteiger partial charge in [0.1, 0.15) is 0 Å². The first-order valence-electron chi connectivity index (χ1n) is 9.22. The van der Waals surface area contributed by atoms with Gasteiger partial charge in [-0.25, -0.2) is 0 Å². The molecule has 0 spiro atoms. The first-order chi connectivity index (χ1) is 12.6. The van der Waals surface area contributed by atoms with E-state index in [2.05, 4.69) is 52.7 Å². The fraction of sp³-hybridized carbons (Fsp3) is 0.500. The number of aryl methyl sites for hydroxylation is 1. The number of methoxy groups -OCH3 is 1. The van der Waals surface area contributed by atoms with Crippen LogP contribution in [0.5, 0.6) is 0 Å². The third-order valence-electron chi connectivity index (χ3n) is 5.19. The summed E-state index contributed by atoms with van der Waals surface area (Å²) >= 11 is 5.69. The lowest BCUT2D eigenvalue weighted by Gasteiger charge is -2.28. The van der Waals surface area contributed by atoms with E-state index < -0.39 is 0 Å². The molecule has 0 amide bonds. The standard InChI is InChI=1S/C20H28N4OS/c1-5-23-14(2)13-16(15(23)3)19-18(17-9-6-7-10-21-17)22-20(26)24(19)11-8-12-25-4/h6-7,9-10,13,18-19H,5,8,11-12H2,1-4H3,(H,22,26)/t18-,19-/m0/s1. The van der Waals surface area contributed by atoms with Gasteiger partial charge in [-0.3, -0.25) is 4.98 Å². The molecule has 2 aromatic rings. The molecule has 0 aliphatic carbocycles. The van der Waals surface area contributed by atoms with E-state index in [-0.39, 0.29) is 12.1 Å². The summed E-state index contributed by atoms with van der Waals surface area (Å²) in [6.45, 7) is 9.13. The Morgan fingerprint density at radius 2 is 2.12 bits per heavy atom. The number of hydrogen-bond donors (Lipinski definition) is 1. The number of hydrogen-bond acceptors (Lipinski definition) is 3. The summed E-state index contributed by atoms with van der Waals surface area (Å²) < 4.78 is 7.61. The van der Waals surface area contributed by atoms with Crippen molar-refractivity contribution in [2.75, 3.05) is 20.3 Å². The highest BCUT2D eigenvalue weighted by Crippen LogP contribution is 2.40. The monoisotopic (exact) mass is 372 g/mol. The maximum absolute atomic E-state index is 5.69. The van der Waals surface area contributed by atoms with Gasteiger partial charge in [0.15, 0.2) is 5.11 Å². The van der Waals surface area contributed by atoms with Gasteiger partial charge in [0, 0.05) is 44.4 Å². The molecule has 1 saturated heterocycles. The molecule has 26 heavy (non-hydrogen) atoms. The van der Waals surface area contributed by atoms with E-state index in [1.165, 1.54) is 17.0 Å². The Labute approximate surface area is 161 Å². The number of aromatic nitrogens is 2. The molecular weight excluding hydrogens is 344 g/mol. The summed E-state index contributed by atoms with van der Waals surface area (Å²) in [5.74, 6) is 0. The highest BCUT2D eigenvalue weighted by molar-refractivity contribution is 7.80. The van der Waals surface area contributed by atoms with Gasteiger partial charge in [-0.15, -0.1) is 0 Å². The van der Waals surface area contributed by atoms with Crippen molar-refractivity contribution in [3.63, 3.8) is 0 Å². The van der Waals surface area contributed by atoms with E-state index >= 15 is 0 Å². The summed E-state index contributed by atoms with van der Waals surface area (Å²) in [6, 6.07) is 8.55. The molecule has 1 aliphatic heterocycles. The Morgan fingerprint density at radius 1 is 1.31 bits per heavy atom. The third kappa shape index (κ3) is 3.48. The van der Waals surface area contributed by atoms with Crippen LogP contribution in [0.3, 0.4) is 0 Å². The quantitative estimate of drug-likeness (QED) is 0.595. The first kappa shape index (κ1) is 18.9. The minimum Gasteiger partial charge on any atom is -0.385 e. The van der Waals surface area contributed by atoms with Gasteiger partial charge in [0.2, 0.25) is 0 Å². The maximum Gasteiger partial charge on any atom is 0.170 e. The Bertz CT molecular complexity index is 759. The van der Waals surface area contributed by atoms with Crippen molar-refractivity contribution in [3.05, 3.63) is 53.1 Å². The first-order valence-corrected chi connectivity index (χ1v) is 9.63. The molecule has 0 saturated carbocycles. The van der Waals surface area contributed by atoms with E-state index in [1.807, 2.05) is 18.3 Å². The van der Waals surface area contributed by atoms with Gasteiger partial charge in [0.25, 0.3) is 0 Å². The lowest BCUT2D eigenvalue weighted by atomic mass is 9.96. The number of ether oxygens (including phenoxy) is 1. The number of nitrogens with zero attached hydrogens (tertiary/aromatic N) is 3. The molecule has 1 aliphatic rings. The third-order valence-corrected chi connectivity index (χ3v) is 5.55. The van der Waals surface area contributed by atoms with Gasteiger partial charge in [0.05, 0.1) is 17.8 Å². The molecular formula is C20H28N4OS. The van der Waals surface area contributed by atoms with Crippen molar-refractivity contribution in [3.8, 4) is 0 Å². The molecule has 6 heteroatoms. The van der Waals surface area contributed by atoms with Gasteiger partial charge in [-0.1, -0.05) is 6.07 Å². The van der Waals surface area contributed by atoms with Gasteiger partial charge in [-0.2, -0.15) is 0 Å². The summed E-state index contributed by atoms with van der Waals surface area (Å²) in [7, 11) is 1.74. The second kappa shape index (κ2) is 8.18. The zero-order valence-corrected chi connectivity index (χ0v) is 16.8. The molecule has 140 valence electrons. The smallest absolute Gasteiger partial charge is 0.170 e. The van der Waals surface area contributed by atoms with Crippen molar-refractivity contribution in [2.24, 2.45) is 0 Å². The van der Waals surface area contributed by atoms with Crippen molar-refractivity contribution in [1.82, 2.24) is 19.8 Å². The maximum atomic E-state index is 5.69. The molecule has 1 N–H and O–H groups in total. The highest BCUT2D eigenvalue weighted by atomic mass is 32.1. The predicted octanol–water partition coefficient (Wildman–Crippen LogP) is 3.53. The molecule has 0 bridgehead atoms. The fourth-order valence-electron chi connectivity index (χ4n) is 3.98. The van der Waals surface area contributed by atoms with E-state index in [9.17, 15) is 0 Å². The van der Waals surface area contributed by atoms with E-state index in [4.69, 9.17) is 17.0 Å². The predicted molar refractivity (Wildman–Crippen MR) is 108 cm³/mol. The van der Waals surface area contributed by atoms with Gasteiger partial charge in [-0.05, 0) is 63.2 Å². The van der Waals surface area contributed by atoms with Crippen LogP contribution < -0.4 is 5.32 Å². The van der Waals surface area contributed by atoms with Crippen LogP contribution >= 0.6 is 12.2 Å². The van der Waals surface area contributed by atoms with E-state index in [1.54, 1.807) is 7.11 Å². The molecule has 0 unspecified atom stereocenters. The zero-order chi connectivity index (χ0) is 18.7. The van der Waals surface area contributed by atoms with Gasteiger partial charge < -0.3 is 19.5 Å². The number of thiocarbonyl (C=S) groups is 1. The Morgan fingerprint density at radius 3 is 2.73 bits per heavy atom. The largest absolute Gasteiger partial charge is 0.385 e. The zero-order valence-electron chi connectivity index (χ0n) is 16.0. The lowest BCUT2D eigenvalue weighted by molar-refractivity contribution is 0.180. The topological polar surface area (TPSA) is 42.3 Å². The average molecular weight is 373 g/mol. The number of pyridine rings is 1. The average Bonchev–Trinajstić information content (AvgIpc) is 3.12. The van der Waals surface area contributed by atoms with Gasteiger partial charge >= 0.3 is 0 Å². The number of nitrogens with one attached hydrogen (secondary N) is 1. The Hall–Kier alpha value is -1.92. The van der Waals surface area contributed by atoms with Crippen molar-refractivity contribution in [1.29, 1.82) is 0 Å². The van der Waals surface area contributed by atoms with Crippen LogP contribution in [0.15, 0.2) is 30.5 Å². The Balaban J connectivity index is 2.02. The van der Waals surface area contributed by atoms with E-state index in [0.717, 1.165) is 36.9 Å². The minimum absolute atomic E-state index is 0.0528. The lowest BCUT2D eigenvalue weighted by Crippen LogP contribution is -2.31. The second-order valence-corrected chi connectivity index (χ2v) is 7.12. The highest BCUT2D eigenvalue weighted by Gasteiger charge is 2.40. The Kier molecular flexibility index (Phi) is 5.94. The molecule has 1 fully saturated rings. The molecule has 3 rings (SSSR count). The summed E-state index contributed by atoms with van der Waals surface area (Å²) in [4.78, 5) is 6.90. The summed E-state index contributed by atoms with van der Waals surface area (Å²) in [5.41, 5.74) is 4.94. The normalized spacial score (nSPS) is 19.8. The summed E-state index contributed by atoms with van der Waals surface area (Å²) in [5, 5.41) is 4.31. The SMILES string of the molecule is CCn1c(C)cc([C@H]2[C@H](c3ccccn3)NC(=S)N2CCCOC)c1C. The van der Waals surface area contributed by atoms with Crippen LogP contribution in [0.1, 0.15) is 48.1 Å². The molecule has 2 atom stereocenters. The van der Waals surface area contributed by atoms with Crippen molar-refractivity contribution < 1.29 is 4.74 Å². The van der Waals surface area contributed by atoms with Crippen LogP contribution in [-0.4, -0.2) is 39.8 Å². The number of rotatable bonds is 7.